The van der Waals surface area contributed by atoms with E-state index in [2.05, 4.69) is 5.32 Å². The van der Waals surface area contributed by atoms with E-state index in [0.29, 0.717) is 11.8 Å². The molecule has 0 radical (unpaired) electrons. The van der Waals surface area contributed by atoms with Crippen molar-refractivity contribution in [3.8, 4) is 0 Å². The molecule has 0 aliphatic heterocycles. The van der Waals surface area contributed by atoms with E-state index in [-0.39, 0.29) is 18.4 Å². The quantitative estimate of drug-likeness (QED) is 0.819. The number of aliphatic hydroxyl groups excluding tert-OH is 1. The van der Waals surface area contributed by atoms with Gasteiger partial charge in [0.05, 0.1) is 12.1 Å². The van der Waals surface area contributed by atoms with Crippen LogP contribution in [0.5, 0.6) is 0 Å². The van der Waals surface area contributed by atoms with Gasteiger partial charge in [0, 0.05) is 5.92 Å². The van der Waals surface area contributed by atoms with Crippen LogP contribution in [-0.4, -0.2) is 23.2 Å². The standard InChI is InChI=1S/C16H27NO2/c1-3-16(2,9-18)17-15(19)14-12-5-10-4-11(7-12)8-13(14)6-10/h10-14,18H,3-9H2,1-2H3,(H,17,19). The molecule has 0 heterocycles. The molecule has 4 fully saturated rings. The van der Waals surface area contributed by atoms with Crippen LogP contribution in [0.25, 0.3) is 0 Å². The lowest BCUT2D eigenvalue weighted by molar-refractivity contribution is -0.140. The smallest absolute Gasteiger partial charge is 0.224 e. The molecule has 4 saturated carbocycles. The Kier molecular flexibility index (Phi) is 3.36. The number of amides is 1. The number of hydrogen-bond donors (Lipinski definition) is 2. The normalized spacial score (nSPS) is 43.0. The first-order chi connectivity index (χ1) is 9.04. The number of rotatable bonds is 4. The maximum atomic E-state index is 12.6. The Morgan fingerprint density at radius 1 is 1.16 bits per heavy atom. The minimum atomic E-state index is -0.439. The average Bonchev–Trinajstić information content (AvgIpc) is 2.37. The molecule has 19 heavy (non-hydrogen) atoms. The van der Waals surface area contributed by atoms with Gasteiger partial charge in [0.25, 0.3) is 0 Å². The van der Waals surface area contributed by atoms with E-state index in [1.807, 2.05) is 13.8 Å². The van der Waals surface area contributed by atoms with E-state index >= 15 is 0 Å². The molecule has 1 atom stereocenters. The van der Waals surface area contributed by atoms with Crippen molar-refractivity contribution < 1.29 is 9.90 Å². The van der Waals surface area contributed by atoms with E-state index in [0.717, 1.165) is 18.3 Å². The van der Waals surface area contributed by atoms with Crippen molar-refractivity contribution in [3.05, 3.63) is 0 Å². The van der Waals surface area contributed by atoms with E-state index in [4.69, 9.17) is 0 Å². The van der Waals surface area contributed by atoms with E-state index in [1.54, 1.807) is 0 Å². The summed E-state index contributed by atoms with van der Waals surface area (Å²) in [6.45, 7) is 4.00. The predicted molar refractivity (Wildman–Crippen MR) is 74.5 cm³/mol. The molecule has 108 valence electrons. The first-order valence-electron chi connectivity index (χ1n) is 7.97. The zero-order valence-electron chi connectivity index (χ0n) is 12.2. The zero-order valence-corrected chi connectivity index (χ0v) is 12.2. The summed E-state index contributed by atoms with van der Waals surface area (Å²) < 4.78 is 0. The Balaban J connectivity index is 1.70. The lowest BCUT2D eigenvalue weighted by Crippen LogP contribution is -2.56. The Morgan fingerprint density at radius 3 is 2.11 bits per heavy atom. The molecular weight excluding hydrogens is 238 g/mol. The summed E-state index contributed by atoms with van der Waals surface area (Å²) in [5.74, 6) is 3.49. The summed E-state index contributed by atoms with van der Waals surface area (Å²) in [4.78, 5) is 12.6. The van der Waals surface area contributed by atoms with Gasteiger partial charge in [-0.1, -0.05) is 6.92 Å². The molecule has 3 heteroatoms. The molecule has 0 aromatic rings. The summed E-state index contributed by atoms with van der Waals surface area (Å²) >= 11 is 0. The summed E-state index contributed by atoms with van der Waals surface area (Å²) in [5, 5.41) is 12.6. The molecule has 0 aromatic heterocycles. The van der Waals surface area contributed by atoms with Crippen LogP contribution in [-0.2, 0) is 4.79 Å². The third kappa shape index (κ3) is 2.31. The monoisotopic (exact) mass is 265 g/mol. The van der Waals surface area contributed by atoms with Gasteiger partial charge in [-0.25, -0.2) is 0 Å². The summed E-state index contributed by atoms with van der Waals surface area (Å²) in [6.07, 6.45) is 7.29. The van der Waals surface area contributed by atoms with Crippen LogP contribution in [0.1, 0.15) is 52.4 Å². The molecule has 0 aromatic carbocycles. The van der Waals surface area contributed by atoms with Gasteiger partial charge in [-0.3, -0.25) is 4.79 Å². The Labute approximate surface area is 116 Å². The van der Waals surface area contributed by atoms with E-state index in [9.17, 15) is 9.90 Å². The molecule has 0 saturated heterocycles. The van der Waals surface area contributed by atoms with Gasteiger partial charge in [-0.15, -0.1) is 0 Å². The molecule has 0 spiro atoms. The van der Waals surface area contributed by atoms with Crippen LogP contribution >= 0.6 is 0 Å². The SMILES string of the molecule is CCC(C)(CO)NC(=O)C1C2CC3CC(C2)CC1C3. The molecule has 1 unspecified atom stereocenters. The second kappa shape index (κ2) is 4.76. The lowest BCUT2D eigenvalue weighted by Gasteiger charge is -2.54. The fourth-order valence-electron chi connectivity index (χ4n) is 4.97. The van der Waals surface area contributed by atoms with Crippen LogP contribution in [0.4, 0.5) is 0 Å². The maximum Gasteiger partial charge on any atom is 0.224 e. The van der Waals surface area contributed by atoms with Gasteiger partial charge < -0.3 is 10.4 Å². The van der Waals surface area contributed by atoms with Gasteiger partial charge in [0.1, 0.15) is 0 Å². The first-order valence-corrected chi connectivity index (χ1v) is 7.97. The molecule has 4 rings (SSSR count). The van der Waals surface area contributed by atoms with Gasteiger partial charge in [0.15, 0.2) is 0 Å². The zero-order chi connectivity index (χ0) is 13.6. The van der Waals surface area contributed by atoms with Gasteiger partial charge in [-0.2, -0.15) is 0 Å². The van der Waals surface area contributed by atoms with Crippen molar-refractivity contribution in [3.63, 3.8) is 0 Å². The fraction of sp³-hybridized carbons (Fsp3) is 0.938. The van der Waals surface area contributed by atoms with E-state index < -0.39 is 5.54 Å². The first kappa shape index (κ1) is 13.4. The van der Waals surface area contributed by atoms with Crippen LogP contribution in [0.3, 0.4) is 0 Å². The highest BCUT2D eigenvalue weighted by atomic mass is 16.3. The number of hydrogen-bond acceptors (Lipinski definition) is 2. The maximum absolute atomic E-state index is 12.6. The third-order valence-corrected chi connectivity index (χ3v) is 6.08. The van der Waals surface area contributed by atoms with Crippen molar-refractivity contribution in [2.24, 2.45) is 29.6 Å². The minimum Gasteiger partial charge on any atom is -0.394 e. The van der Waals surface area contributed by atoms with Crippen molar-refractivity contribution in [1.82, 2.24) is 5.32 Å². The van der Waals surface area contributed by atoms with Crippen molar-refractivity contribution in [1.29, 1.82) is 0 Å². The van der Waals surface area contributed by atoms with Gasteiger partial charge >= 0.3 is 0 Å². The van der Waals surface area contributed by atoms with Crippen LogP contribution < -0.4 is 5.32 Å². The highest BCUT2D eigenvalue weighted by Gasteiger charge is 2.51. The number of carbonyl (C=O) groups excluding carboxylic acids is 1. The van der Waals surface area contributed by atoms with E-state index in [1.165, 1.54) is 32.1 Å². The molecule has 4 bridgehead atoms. The summed E-state index contributed by atoms with van der Waals surface area (Å²) in [7, 11) is 0. The summed E-state index contributed by atoms with van der Waals surface area (Å²) in [6, 6.07) is 0. The molecule has 4 aliphatic rings. The van der Waals surface area contributed by atoms with Crippen LogP contribution in [0, 0.1) is 29.6 Å². The molecule has 2 N–H and O–H groups in total. The van der Waals surface area contributed by atoms with Gasteiger partial charge in [-0.05, 0) is 69.1 Å². The minimum absolute atomic E-state index is 0.0303. The Bertz CT molecular complexity index is 334. The average molecular weight is 265 g/mol. The molecule has 3 nitrogen and oxygen atoms in total. The van der Waals surface area contributed by atoms with Crippen molar-refractivity contribution in [2.75, 3.05) is 6.61 Å². The number of nitrogens with one attached hydrogen (secondary N) is 1. The number of carbonyl (C=O) groups is 1. The predicted octanol–water partition coefficient (Wildman–Crippen LogP) is 2.34. The lowest BCUT2D eigenvalue weighted by atomic mass is 9.51. The topological polar surface area (TPSA) is 49.3 Å². The second-order valence-corrected chi connectivity index (χ2v) is 7.52. The Morgan fingerprint density at radius 2 is 1.68 bits per heavy atom. The second-order valence-electron chi connectivity index (χ2n) is 7.52. The molecule has 1 amide bonds. The van der Waals surface area contributed by atoms with Crippen LogP contribution in [0.15, 0.2) is 0 Å². The third-order valence-electron chi connectivity index (χ3n) is 6.08. The Hall–Kier alpha value is -0.570. The van der Waals surface area contributed by atoms with Crippen molar-refractivity contribution >= 4 is 5.91 Å². The number of aliphatic hydroxyl groups is 1. The fourth-order valence-corrected chi connectivity index (χ4v) is 4.97. The highest BCUT2D eigenvalue weighted by Crippen LogP contribution is 2.56. The van der Waals surface area contributed by atoms with Crippen molar-refractivity contribution in [2.45, 2.75) is 57.9 Å². The molecular formula is C16H27NO2. The molecule has 4 aliphatic carbocycles. The highest BCUT2D eigenvalue weighted by molar-refractivity contribution is 5.80. The largest absolute Gasteiger partial charge is 0.394 e. The summed E-state index contributed by atoms with van der Waals surface area (Å²) in [5.41, 5.74) is -0.439. The van der Waals surface area contributed by atoms with Gasteiger partial charge in [0.2, 0.25) is 5.91 Å². The van der Waals surface area contributed by atoms with Crippen LogP contribution in [0.2, 0.25) is 0 Å².